The van der Waals surface area contributed by atoms with Crippen LogP contribution in [0.15, 0.2) is 42.5 Å². The molecular weight excluding hydrogens is 308 g/mol. The van der Waals surface area contributed by atoms with Crippen molar-refractivity contribution in [3.05, 3.63) is 59.2 Å². The van der Waals surface area contributed by atoms with E-state index in [4.69, 9.17) is 10.00 Å². The Morgan fingerprint density at radius 2 is 1.75 bits per heavy atom. The molecule has 1 aliphatic heterocycles. The van der Waals surface area contributed by atoms with E-state index >= 15 is 0 Å². The molecule has 6 heteroatoms. The molecule has 0 aromatic heterocycles. The molecule has 6 nitrogen and oxygen atoms in total. The van der Waals surface area contributed by atoms with Crippen LogP contribution in [0.3, 0.4) is 0 Å². The van der Waals surface area contributed by atoms with Gasteiger partial charge in [0.2, 0.25) is 0 Å². The zero-order chi connectivity index (χ0) is 17.1. The molecule has 1 heterocycles. The molecule has 0 bridgehead atoms. The Kier molecular flexibility index (Phi) is 4.17. The lowest BCUT2D eigenvalue weighted by molar-refractivity contribution is 0.0646. The molecule has 0 saturated heterocycles. The van der Waals surface area contributed by atoms with Crippen LogP contribution in [-0.4, -0.2) is 35.0 Å². The number of nitriles is 1. The van der Waals surface area contributed by atoms with E-state index < -0.39 is 0 Å². The number of aromatic hydroxyl groups is 1. The van der Waals surface area contributed by atoms with Gasteiger partial charge >= 0.3 is 0 Å². The van der Waals surface area contributed by atoms with E-state index in [9.17, 15) is 14.7 Å². The maximum atomic E-state index is 12.2. The first-order chi connectivity index (χ1) is 11.6. The second kappa shape index (κ2) is 6.42. The quantitative estimate of drug-likeness (QED) is 0.674. The lowest BCUT2D eigenvalue weighted by atomic mass is 10.1. The summed E-state index contributed by atoms with van der Waals surface area (Å²) in [6, 6.07) is 13.0. The van der Waals surface area contributed by atoms with Crippen LogP contribution in [0.2, 0.25) is 0 Å². The van der Waals surface area contributed by atoms with Crippen molar-refractivity contribution < 1.29 is 19.4 Å². The third kappa shape index (κ3) is 2.79. The normalized spacial score (nSPS) is 12.9. The zero-order valence-electron chi connectivity index (χ0n) is 12.7. The number of phenolic OH excluding ortho intramolecular Hbond substituents is 1. The topological polar surface area (TPSA) is 90.6 Å². The van der Waals surface area contributed by atoms with E-state index in [2.05, 4.69) is 0 Å². The van der Waals surface area contributed by atoms with E-state index in [1.807, 2.05) is 6.07 Å². The van der Waals surface area contributed by atoms with Gasteiger partial charge in [-0.3, -0.25) is 14.5 Å². The Morgan fingerprint density at radius 3 is 2.38 bits per heavy atom. The highest BCUT2D eigenvalue weighted by atomic mass is 16.5. The van der Waals surface area contributed by atoms with Gasteiger partial charge < -0.3 is 9.84 Å². The Morgan fingerprint density at radius 1 is 1.08 bits per heavy atom. The van der Waals surface area contributed by atoms with E-state index in [-0.39, 0.29) is 36.3 Å². The standard InChI is InChI=1S/C18H14N2O4/c19-11-12-10-13(6-7-16(12)21)24-9-3-8-20-17(22)14-4-1-2-5-15(14)18(20)23/h1-2,4-7,10,21H,3,8-9H2. The van der Waals surface area contributed by atoms with Gasteiger partial charge in [0.25, 0.3) is 11.8 Å². The van der Waals surface area contributed by atoms with Gasteiger partial charge in [-0.15, -0.1) is 0 Å². The van der Waals surface area contributed by atoms with E-state index in [0.717, 1.165) is 0 Å². The van der Waals surface area contributed by atoms with Gasteiger partial charge in [0.1, 0.15) is 17.6 Å². The maximum absolute atomic E-state index is 12.2. The Balaban J connectivity index is 1.56. The SMILES string of the molecule is N#Cc1cc(OCCCN2C(=O)c3ccccc3C2=O)ccc1O. The molecule has 0 aliphatic carbocycles. The van der Waals surface area contributed by atoms with Gasteiger partial charge in [0.15, 0.2) is 0 Å². The lowest BCUT2D eigenvalue weighted by Gasteiger charge is -2.14. The fourth-order valence-electron chi connectivity index (χ4n) is 2.55. The number of imide groups is 1. The number of amides is 2. The summed E-state index contributed by atoms with van der Waals surface area (Å²) in [5, 5.41) is 18.3. The van der Waals surface area contributed by atoms with E-state index in [1.165, 1.54) is 17.0 Å². The molecule has 2 aromatic carbocycles. The van der Waals surface area contributed by atoms with Crippen molar-refractivity contribution in [3.63, 3.8) is 0 Å². The molecule has 2 amide bonds. The third-order valence-corrected chi connectivity index (χ3v) is 3.76. The van der Waals surface area contributed by atoms with Crippen LogP contribution in [0.4, 0.5) is 0 Å². The minimum Gasteiger partial charge on any atom is -0.507 e. The number of carbonyl (C=O) groups is 2. The van der Waals surface area contributed by atoms with Crippen LogP contribution in [0.1, 0.15) is 32.7 Å². The van der Waals surface area contributed by atoms with Crippen LogP contribution in [0.5, 0.6) is 11.5 Å². The van der Waals surface area contributed by atoms with Crippen molar-refractivity contribution in [3.8, 4) is 17.6 Å². The number of ether oxygens (including phenoxy) is 1. The number of phenols is 1. The molecule has 1 aliphatic rings. The highest BCUT2D eigenvalue weighted by Gasteiger charge is 2.34. The second-order valence-electron chi connectivity index (χ2n) is 5.30. The summed E-state index contributed by atoms with van der Waals surface area (Å²) in [5.74, 6) is -0.221. The smallest absolute Gasteiger partial charge is 0.261 e. The summed E-state index contributed by atoms with van der Waals surface area (Å²) in [6.07, 6.45) is 0.466. The number of nitrogens with zero attached hydrogens (tertiary/aromatic N) is 2. The first-order valence-electron chi connectivity index (χ1n) is 7.43. The summed E-state index contributed by atoms with van der Waals surface area (Å²) < 4.78 is 5.50. The molecule has 0 fully saturated rings. The van der Waals surface area contributed by atoms with Crippen molar-refractivity contribution in [1.82, 2.24) is 4.90 Å². The number of rotatable bonds is 5. The minimum absolute atomic E-state index is 0.101. The van der Waals surface area contributed by atoms with Crippen molar-refractivity contribution in [2.45, 2.75) is 6.42 Å². The molecule has 1 N–H and O–H groups in total. The number of hydrogen-bond acceptors (Lipinski definition) is 5. The van der Waals surface area contributed by atoms with Gasteiger partial charge in [0.05, 0.1) is 23.3 Å². The number of fused-ring (bicyclic) bond motifs is 1. The molecular formula is C18H14N2O4. The number of hydrogen-bond donors (Lipinski definition) is 1. The van der Waals surface area contributed by atoms with Crippen LogP contribution >= 0.6 is 0 Å². The predicted molar refractivity (Wildman–Crippen MR) is 84.7 cm³/mol. The Labute approximate surface area is 138 Å². The van der Waals surface area contributed by atoms with E-state index in [1.54, 1.807) is 30.3 Å². The van der Waals surface area contributed by atoms with Gasteiger partial charge in [0, 0.05) is 12.6 Å². The predicted octanol–water partition coefficient (Wildman–Crippen LogP) is 2.33. The minimum atomic E-state index is -0.285. The first kappa shape index (κ1) is 15.6. The monoisotopic (exact) mass is 322 g/mol. The average Bonchev–Trinajstić information content (AvgIpc) is 2.85. The Bertz CT molecular complexity index is 819. The fraction of sp³-hybridized carbons (Fsp3) is 0.167. The molecule has 0 unspecified atom stereocenters. The van der Waals surface area contributed by atoms with Gasteiger partial charge in [-0.25, -0.2) is 0 Å². The van der Waals surface area contributed by atoms with Gasteiger partial charge in [-0.2, -0.15) is 5.26 Å². The number of carbonyl (C=O) groups excluding carboxylic acids is 2. The van der Waals surface area contributed by atoms with Crippen LogP contribution in [0, 0.1) is 11.3 Å². The third-order valence-electron chi connectivity index (χ3n) is 3.76. The molecule has 120 valence electrons. The highest BCUT2D eigenvalue weighted by Crippen LogP contribution is 2.24. The maximum Gasteiger partial charge on any atom is 0.261 e. The van der Waals surface area contributed by atoms with Crippen molar-refractivity contribution in [2.24, 2.45) is 0 Å². The summed E-state index contributed by atoms with van der Waals surface area (Å²) in [6.45, 7) is 0.540. The van der Waals surface area contributed by atoms with Crippen LogP contribution in [-0.2, 0) is 0 Å². The molecule has 24 heavy (non-hydrogen) atoms. The largest absolute Gasteiger partial charge is 0.507 e. The van der Waals surface area contributed by atoms with Crippen molar-refractivity contribution in [2.75, 3.05) is 13.2 Å². The molecule has 0 saturated carbocycles. The first-order valence-corrected chi connectivity index (χ1v) is 7.43. The van der Waals surface area contributed by atoms with Crippen molar-refractivity contribution >= 4 is 11.8 Å². The molecule has 0 atom stereocenters. The molecule has 0 spiro atoms. The summed E-state index contributed by atoms with van der Waals surface area (Å²) in [7, 11) is 0. The molecule has 0 radical (unpaired) electrons. The average molecular weight is 322 g/mol. The fourth-order valence-corrected chi connectivity index (χ4v) is 2.55. The second-order valence-corrected chi connectivity index (χ2v) is 5.30. The van der Waals surface area contributed by atoms with E-state index in [0.29, 0.717) is 23.3 Å². The van der Waals surface area contributed by atoms with Crippen LogP contribution in [0.25, 0.3) is 0 Å². The summed E-state index contributed by atoms with van der Waals surface area (Å²) >= 11 is 0. The van der Waals surface area contributed by atoms with Crippen molar-refractivity contribution in [1.29, 1.82) is 5.26 Å². The Hall–Kier alpha value is -3.33. The summed E-state index contributed by atoms with van der Waals surface area (Å²) in [4.78, 5) is 25.6. The van der Waals surface area contributed by atoms with Gasteiger partial charge in [-0.05, 0) is 30.7 Å². The molecule has 2 aromatic rings. The van der Waals surface area contributed by atoms with Gasteiger partial charge in [-0.1, -0.05) is 12.1 Å². The zero-order valence-corrected chi connectivity index (χ0v) is 12.7. The summed E-state index contributed by atoms with van der Waals surface area (Å²) in [5.41, 5.74) is 0.995. The highest BCUT2D eigenvalue weighted by molar-refractivity contribution is 6.21. The molecule has 3 rings (SSSR count). The van der Waals surface area contributed by atoms with Crippen LogP contribution < -0.4 is 4.74 Å². The lowest BCUT2D eigenvalue weighted by Crippen LogP contribution is -2.31. The number of benzene rings is 2.